The Bertz CT molecular complexity index is 1200. The average molecular weight is 485 g/mol. The van der Waals surface area contributed by atoms with Crippen LogP contribution in [0.15, 0.2) is 97.1 Å². The van der Waals surface area contributed by atoms with Crippen molar-refractivity contribution in [3.63, 3.8) is 0 Å². The first-order chi connectivity index (χ1) is 16.4. The molecule has 2 atom stereocenters. The van der Waals surface area contributed by atoms with E-state index in [0.717, 1.165) is 18.1 Å². The number of hydrogen-bond donors (Lipinski definition) is 1. The molecule has 0 fully saturated rings. The van der Waals surface area contributed by atoms with Gasteiger partial charge in [0.05, 0.1) is 0 Å². The predicted molar refractivity (Wildman–Crippen MR) is 152 cm³/mol. The number of phenolic OH excluding ortho intramolecular Hbond substituents is 1. The normalized spacial score (nSPS) is 13.4. The largest absolute Gasteiger partial charge is 0.508 e. The third-order valence-corrected chi connectivity index (χ3v) is 11.3. The standard InChI is InChI=1S/C31H34OP2/c1-5-31(4,28-21-23(2)19-20-29(28)32)33-30-24(3)13-12-14-25(30)22-34(26-15-8-6-9-16-26)27-17-10-7-11-18-27/h6-21,32-33H,5,22H2,1-4H3. The van der Waals surface area contributed by atoms with Gasteiger partial charge in [0.25, 0.3) is 0 Å². The van der Waals surface area contributed by atoms with Crippen LogP contribution in [0.25, 0.3) is 0 Å². The predicted octanol–water partition coefficient (Wildman–Crippen LogP) is 7.27. The highest BCUT2D eigenvalue weighted by molar-refractivity contribution is 7.72. The lowest BCUT2D eigenvalue weighted by Gasteiger charge is -2.32. The van der Waals surface area contributed by atoms with Crippen LogP contribution in [-0.2, 0) is 11.3 Å². The first-order valence-electron chi connectivity index (χ1n) is 12.0. The molecule has 0 spiro atoms. The van der Waals surface area contributed by atoms with E-state index in [0.29, 0.717) is 14.3 Å². The number of benzene rings is 4. The second-order valence-corrected chi connectivity index (χ2v) is 13.3. The van der Waals surface area contributed by atoms with Gasteiger partial charge in [-0.1, -0.05) is 119 Å². The molecular weight excluding hydrogens is 450 g/mol. The summed E-state index contributed by atoms with van der Waals surface area (Å²) in [6.07, 6.45) is 2.00. The molecule has 2 unspecified atom stereocenters. The van der Waals surface area contributed by atoms with Gasteiger partial charge in [0, 0.05) is 16.9 Å². The van der Waals surface area contributed by atoms with Crippen molar-refractivity contribution in [1.29, 1.82) is 0 Å². The van der Waals surface area contributed by atoms with Gasteiger partial charge < -0.3 is 5.11 Å². The van der Waals surface area contributed by atoms with Crippen molar-refractivity contribution in [2.45, 2.75) is 45.4 Å². The highest BCUT2D eigenvalue weighted by Gasteiger charge is 2.30. The fourth-order valence-corrected chi connectivity index (χ4v) is 8.63. The molecular formula is C31H34OP2. The van der Waals surface area contributed by atoms with Crippen molar-refractivity contribution < 1.29 is 5.11 Å². The molecule has 0 aromatic heterocycles. The van der Waals surface area contributed by atoms with E-state index in [1.54, 1.807) is 0 Å². The van der Waals surface area contributed by atoms with E-state index in [1.165, 1.54) is 32.6 Å². The van der Waals surface area contributed by atoms with Crippen LogP contribution in [0.4, 0.5) is 0 Å². The summed E-state index contributed by atoms with van der Waals surface area (Å²) in [5.74, 6) is 0.411. The second-order valence-electron chi connectivity index (χ2n) is 9.20. The SMILES string of the molecule is CCC(C)(Pc1c(C)cccc1CP(c1ccccc1)c1ccccc1)c1cc(C)ccc1O. The number of hydrogen-bond acceptors (Lipinski definition) is 1. The van der Waals surface area contributed by atoms with E-state index in [1.807, 2.05) is 12.1 Å². The maximum Gasteiger partial charge on any atom is 0.119 e. The monoisotopic (exact) mass is 484 g/mol. The van der Waals surface area contributed by atoms with Crippen LogP contribution in [0.5, 0.6) is 5.75 Å². The highest BCUT2D eigenvalue weighted by atomic mass is 31.1. The van der Waals surface area contributed by atoms with Gasteiger partial charge in [0.1, 0.15) is 5.75 Å². The number of phenols is 1. The minimum atomic E-state index is -0.512. The van der Waals surface area contributed by atoms with Crippen molar-refractivity contribution in [1.82, 2.24) is 0 Å². The summed E-state index contributed by atoms with van der Waals surface area (Å²) >= 11 is 0. The molecule has 4 aromatic carbocycles. The molecule has 0 aliphatic carbocycles. The van der Waals surface area contributed by atoms with E-state index in [2.05, 4.69) is 113 Å². The second kappa shape index (κ2) is 10.9. The molecule has 174 valence electrons. The van der Waals surface area contributed by atoms with Crippen LogP contribution in [0, 0.1) is 13.8 Å². The zero-order valence-corrected chi connectivity index (χ0v) is 22.4. The van der Waals surface area contributed by atoms with Gasteiger partial charge in [-0.25, -0.2) is 0 Å². The van der Waals surface area contributed by atoms with Gasteiger partial charge in [0.2, 0.25) is 0 Å². The van der Waals surface area contributed by atoms with Crippen LogP contribution >= 0.6 is 16.5 Å². The highest BCUT2D eigenvalue weighted by Crippen LogP contribution is 2.49. The van der Waals surface area contributed by atoms with E-state index in [4.69, 9.17) is 0 Å². The molecule has 0 radical (unpaired) electrons. The molecule has 4 rings (SSSR count). The van der Waals surface area contributed by atoms with Gasteiger partial charge in [-0.05, 0) is 61.3 Å². The lowest BCUT2D eigenvalue weighted by Crippen LogP contribution is -2.23. The molecule has 1 nitrogen and oxygen atoms in total. The summed E-state index contributed by atoms with van der Waals surface area (Å²) in [6, 6.07) is 34.7. The van der Waals surface area contributed by atoms with Gasteiger partial charge in [-0.2, -0.15) is 0 Å². The number of aromatic hydroxyl groups is 1. The molecule has 34 heavy (non-hydrogen) atoms. The fraction of sp³-hybridized carbons (Fsp3) is 0.226. The lowest BCUT2D eigenvalue weighted by atomic mass is 9.95. The Morgan fingerprint density at radius 1 is 0.794 bits per heavy atom. The Hall–Kier alpha value is -2.46. The Morgan fingerprint density at radius 2 is 1.41 bits per heavy atom. The van der Waals surface area contributed by atoms with Crippen molar-refractivity contribution in [2.24, 2.45) is 0 Å². The summed E-state index contributed by atoms with van der Waals surface area (Å²) < 4.78 is 0. The van der Waals surface area contributed by atoms with Gasteiger partial charge in [0.15, 0.2) is 0 Å². The zero-order valence-electron chi connectivity index (χ0n) is 20.5. The summed E-state index contributed by atoms with van der Waals surface area (Å²) in [7, 11) is 0.0695. The van der Waals surface area contributed by atoms with Crippen LogP contribution in [-0.4, -0.2) is 5.11 Å². The maximum atomic E-state index is 10.8. The molecule has 3 heteroatoms. The van der Waals surface area contributed by atoms with E-state index in [-0.39, 0.29) is 5.16 Å². The van der Waals surface area contributed by atoms with E-state index >= 15 is 0 Å². The Kier molecular flexibility index (Phi) is 7.88. The number of rotatable bonds is 8. The molecule has 0 saturated carbocycles. The summed E-state index contributed by atoms with van der Waals surface area (Å²) in [4.78, 5) is 0. The van der Waals surface area contributed by atoms with Crippen molar-refractivity contribution in [3.05, 3.63) is 119 Å². The summed E-state index contributed by atoms with van der Waals surface area (Å²) in [6.45, 7) is 8.90. The Labute approximate surface area is 207 Å². The quantitative estimate of drug-likeness (QED) is 0.261. The lowest BCUT2D eigenvalue weighted by molar-refractivity contribution is 0.456. The molecule has 1 N–H and O–H groups in total. The fourth-order valence-electron chi connectivity index (χ4n) is 4.47. The average Bonchev–Trinajstić information content (AvgIpc) is 2.86. The first kappa shape index (κ1) is 24.7. The molecule has 0 aliphatic heterocycles. The van der Waals surface area contributed by atoms with Gasteiger partial charge >= 0.3 is 0 Å². The smallest absolute Gasteiger partial charge is 0.119 e. The molecule has 0 saturated heterocycles. The third kappa shape index (κ3) is 5.43. The number of aryl methyl sites for hydroxylation is 2. The maximum absolute atomic E-state index is 10.8. The molecule has 0 aliphatic rings. The van der Waals surface area contributed by atoms with Crippen LogP contribution in [0.1, 0.15) is 42.5 Å². The zero-order chi connectivity index (χ0) is 24.1. The molecule has 0 bridgehead atoms. The third-order valence-electron chi connectivity index (χ3n) is 6.68. The molecule has 0 heterocycles. The Balaban J connectivity index is 1.76. The molecule has 0 amide bonds. The first-order valence-corrected chi connectivity index (χ1v) is 14.5. The van der Waals surface area contributed by atoms with Crippen LogP contribution < -0.4 is 15.9 Å². The minimum absolute atomic E-state index is 0.112. The van der Waals surface area contributed by atoms with Gasteiger partial charge in [-0.15, -0.1) is 0 Å². The van der Waals surface area contributed by atoms with Crippen molar-refractivity contribution >= 4 is 32.4 Å². The van der Waals surface area contributed by atoms with E-state index in [9.17, 15) is 5.11 Å². The van der Waals surface area contributed by atoms with Crippen molar-refractivity contribution in [2.75, 3.05) is 0 Å². The Morgan fingerprint density at radius 3 is 2.00 bits per heavy atom. The van der Waals surface area contributed by atoms with Crippen molar-refractivity contribution in [3.8, 4) is 5.75 Å². The molecule has 4 aromatic rings. The summed E-state index contributed by atoms with van der Waals surface area (Å²) in [5.41, 5.74) is 5.04. The topological polar surface area (TPSA) is 20.2 Å². The van der Waals surface area contributed by atoms with Crippen LogP contribution in [0.3, 0.4) is 0 Å². The van der Waals surface area contributed by atoms with Crippen LogP contribution in [0.2, 0.25) is 0 Å². The summed E-state index contributed by atoms with van der Waals surface area (Å²) in [5, 5.41) is 14.9. The van der Waals surface area contributed by atoms with E-state index < -0.39 is 7.92 Å². The minimum Gasteiger partial charge on any atom is -0.508 e. The van der Waals surface area contributed by atoms with Gasteiger partial charge in [-0.3, -0.25) is 0 Å².